The zero-order chi connectivity index (χ0) is 28.4. The zero-order valence-electron chi connectivity index (χ0n) is 23.1. The molecule has 3 aromatic carbocycles. The number of benzene rings is 3. The van der Waals surface area contributed by atoms with Crippen molar-refractivity contribution in [3.05, 3.63) is 75.8 Å². The van der Waals surface area contributed by atoms with Gasteiger partial charge in [-0.2, -0.15) is 0 Å². The number of nitrogens with one attached hydrogen (secondary N) is 2. The van der Waals surface area contributed by atoms with Gasteiger partial charge in [0.1, 0.15) is 11.3 Å². The molecule has 2 N–H and O–H groups in total. The van der Waals surface area contributed by atoms with Gasteiger partial charge in [0.15, 0.2) is 11.5 Å². The number of halogens is 1. The normalized spacial score (nSPS) is 14.5. The van der Waals surface area contributed by atoms with E-state index in [1.165, 1.54) is 4.90 Å². The number of carbonyl (C=O) groups is 2. The molecule has 0 spiro atoms. The predicted molar refractivity (Wildman–Crippen MR) is 159 cm³/mol. The van der Waals surface area contributed by atoms with Crippen LogP contribution in [0.15, 0.2) is 59.1 Å². The molecule has 0 radical (unpaired) electrons. The van der Waals surface area contributed by atoms with E-state index in [2.05, 4.69) is 26.2 Å². The highest BCUT2D eigenvalue weighted by Crippen LogP contribution is 2.41. The smallest absolute Gasteiger partial charge is 0.262 e. The van der Waals surface area contributed by atoms with Crippen molar-refractivity contribution < 1.29 is 19.1 Å². The fourth-order valence-electron chi connectivity index (χ4n) is 5.22. The number of hydrogen-bond donors (Lipinski definition) is 2. The number of imidazole rings is 1. The molecule has 0 saturated heterocycles. The van der Waals surface area contributed by atoms with Crippen molar-refractivity contribution in [2.24, 2.45) is 0 Å². The first-order chi connectivity index (χ1) is 19.3. The summed E-state index contributed by atoms with van der Waals surface area (Å²) in [6, 6.07) is 17.6. The molecule has 208 valence electrons. The Labute approximate surface area is 242 Å². The fraction of sp³-hybridized carbons (Fsp3) is 0.323. The van der Waals surface area contributed by atoms with Gasteiger partial charge in [-0.15, -0.1) is 0 Å². The largest absolute Gasteiger partial charge is 0.493 e. The number of hydrogen-bond acceptors (Lipinski definition) is 6. The molecule has 0 bridgehead atoms. The van der Waals surface area contributed by atoms with Crippen LogP contribution in [0.3, 0.4) is 0 Å². The Hall–Kier alpha value is -3.69. The van der Waals surface area contributed by atoms with Gasteiger partial charge >= 0.3 is 0 Å². The van der Waals surface area contributed by atoms with Crippen molar-refractivity contribution >= 4 is 38.8 Å². The quantitative estimate of drug-likeness (QED) is 0.183. The lowest BCUT2D eigenvalue weighted by Crippen LogP contribution is -2.52. The third kappa shape index (κ3) is 5.11. The van der Waals surface area contributed by atoms with E-state index in [0.29, 0.717) is 59.0 Å². The van der Waals surface area contributed by atoms with Crippen molar-refractivity contribution in [3.63, 3.8) is 0 Å². The van der Waals surface area contributed by atoms with Crippen LogP contribution in [0.5, 0.6) is 11.5 Å². The number of H-pyrrole nitrogens is 1. The first-order valence-corrected chi connectivity index (χ1v) is 14.1. The topological polar surface area (TPSA) is 96.5 Å². The van der Waals surface area contributed by atoms with Gasteiger partial charge in [-0.3, -0.25) is 14.5 Å². The predicted octanol–water partition coefficient (Wildman–Crippen LogP) is 5.49. The van der Waals surface area contributed by atoms with Crippen molar-refractivity contribution in [1.29, 1.82) is 0 Å². The Balaban J connectivity index is 1.29. The summed E-state index contributed by atoms with van der Waals surface area (Å²) < 4.78 is 11.4. The van der Waals surface area contributed by atoms with Gasteiger partial charge in [0, 0.05) is 16.6 Å². The molecule has 0 unspecified atom stereocenters. The summed E-state index contributed by atoms with van der Waals surface area (Å²) >= 11 is 3.63. The second-order valence-electron chi connectivity index (χ2n) is 10.4. The van der Waals surface area contributed by atoms with E-state index in [4.69, 9.17) is 14.5 Å². The first kappa shape index (κ1) is 27.9. The second kappa shape index (κ2) is 11.4. The molecule has 8 nitrogen and oxygen atoms in total. The van der Waals surface area contributed by atoms with Gasteiger partial charge in [-0.05, 0) is 85.0 Å². The van der Waals surface area contributed by atoms with Gasteiger partial charge < -0.3 is 19.8 Å². The van der Waals surface area contributed by atoms with E-state index in [-0.39, 0.29) is 11.8 Å². The molecule has 2 amide bonds. The number of rotatable bonds is 10. The van der Waals surface area contributed by atoms with Gasteiger partial charge in [-0.25, -0.2) is 4.98 Å². The summed E-state index contributed by atoms with van der Waals surface area (Å²) in [4.78, 5) is 36.9. The summed E-state index contributed by atoms with van der Waals surface area (Å²) in [5, 5.41) is 3.42. The van der Waals surface area contributed by atoms with Crippen molar-refractivity contribution in [1.82, 2.24) is 20.2 Å². The van der Waals surface area contributed by atoms with Crippen LogP contribution in [0, 0.1) is 0 Å². The van der Waals surface area contributed by atoms with Crippen LogP contribution >= 0.6 is 15.9 Å². The van der Waals surface area contributed by atoms with Crippen LogP contribution in [0.4, 0.5) is 0 Å². The standard InChI is InChI=1S/C31H33BrN4O4/c1-31(2)21-18-22(32)26-27(35-28(34-26)20-9-6-5-7-10-20)25(21)29(37)36(30(31)38)16-8-14-33-15-13-19-11-12-23(39-3)24(17-19)40-4/h5-7,9-12,17-18,33H,8,13-16H2,1-4H3,(H,34,35). The van der Waals surface area contributed by atoms with Crippen LogP contribution < -0.4 is 14.8 Å². The summed E-state index contributed by atoms with van der Waals surface area (Å²) in [7, 11) is 3.25. The second-order valence-corrected chi connectivity index (χ2v) is 11.2. The van der Waals surface area contributed by atoms with Crippen LogP contribution in [0.2, 0.25) is 0 Å². The molecule has 9 heteroatoms. The number of imide groups is 1. The van der Waals surface area contributed by atoms with Crippen LogP contribution in [-0.2, 0) is 16.6 Å². The SMILES string of the molecule is COc1ccc(CCNCCCN2C(=O)c3c(cc(Br)c4nc(-c5ccccc5)[nH]c34)C(C)(C)C2=O)cc1OC. The number of methoxy groups -OCH3 is 2. The molecule has 40 heavy (non-hydrogen) atoms. The molecule has 1 aliphatic rings. The number of fused-ring (bicyclic) bond motifs is 3. The van der Waals surface area contributed by atoms with Crippen molar-refractivity contribution in [2.45, 2.75) is 32.1 Å². The Kier molecular flexibility index (Phi) is 7.96. The Morgan fingerprint density at radius 2 is 1.75 bits per heavy atom. The minimum atomic E-state index is -0.862. The number of nitrogens with zero attached hydrogens (tertiary/aromatic N) is 2. The zero-order valence-corrected chi connectivity index (χ0v) is 24.7. The van der Waals surface area contributed by atoms with E-state index in [9.17, 15) is 9.59 Å². The third-order valence-electron chi connectivity index (χ3n) is 7.45. The molecule has 5 rings (SSSR count). The molecular formula is C31H33BrN4O4. The average molecular weight is 606 g/mol. The number of carbonyl (C=O) groups excluding carboxylic acids is 2. The van der Waals surface area contributed by atoms with E-state index in [1.54, 1.807) is 14.2 Å². The molecule has 0 fully saturated rings. The summed E-state index contributed by atoms with van der Waals surface area (Å²) in [6.07, 6.45) is 1.46. The van der Waals surface area contributed by atoms with Gasteiger partial charge in [0.05, 0.1) is 30.7 Å². The average Bonchev–Trinajstić information content (AvgIpc) is 3.42. The number of amides is 2. The minimum Gasteiger partial charge on any atom is -0.493 e. The number of aromatic nitrogens is 2. The Bertz CT molecular complexity index is 1560. The van der Waals surface area contributed by atoms with Gasteiger partial charge in [-0.1, -0.05) is 36.4 Å². The van der Waals surface area contributed by atoms with Crippen molar-refractivity contribution in [3.8, 4) is 22.9 Å². The summed E-state index contributed by atoms with van der Waals surface area (Å²) in [5.41, 5.74) is 3.73. The van der Waals surface area contributed by atoms with E-state index in [0.717, 1.165) is 28.6 Å². The molecule has 0 aliphatic carbocycles. The fourth-order valence-corrected chi connectivity index (χ4v) is 5.73. The molecule has 4 aromatic rings. The highest BCUT2D eigenvalue weighted by Gasteiger charge is 2.45. The Morgan fingerprint density at radius 1 is 1.00 bits per heavy atom. The van der Waals surface area contributed by atoms with E-state index in [1.807, 2.05) is 68.4 Å². The maximum atomic E-state index is 13.8. The molecular weight excluding hydrogens is 572 g/mol. The number of aromatic amines is 1. The van der Waals surface area contributed by atoms with Crippen LogP contribution in [0.1, 0.15) is 41.8 Å². The lowest BCUT2D eigenvalue weighted by molar-refractivity contribution is -0.134. The van der Waals surface area contributed by atoms with Crippen molar-refractivity contribution in [2.75, 3.05) is 33.9 Å². The lowest BCUT2D eigenvalue weighted by atomic mass is 9.76. The number of ether oxygens (including phenoxy) is 2. The van der Waals surface area contributed by atoms with Crippen LogP contribution in [-0.4, -0.2) is 60.5 Å². The molecule has 2 heterocycles. The summed E-state index contributed by atoms with van der Waals surface area (Å²) in [5.74, 6) is 1.61. The third-order valence-corrected chi connectivity index (χ3v) is 8.06. The van der Waals surface area contributed by atoms with Crippen LogP contribution in [0.25, 0.3) is 22.4 Å². The van der Waals surface area contributed by atoms with Gasteiger partial charge in [0.25, 0.3) is 5.91 Å². The highest BCUT2D eigenvalue weighted by atomic mass is 79.9. The molecule has 1 aliphatic heterocycles. The lowest BCUT2D eigenvalue weighted by Gasteiger charge is -2.37. The molecule has 0 atom stereocenters. The maximum absolute atomic E-state index is 13.8. The maximum Gasteiger partial charge on any atom is 0.262 e. The Morgan fingerprint density at radius 3 is 2.48 bits per heavy atom. The molecule has 1 aromatic heterocycles. The molecule has 0 saturated carbocycles. The minimum absolute atomic E-state index is 0.190. The highest BCUT2D eigenvalue weighted by molar-refractivity contribution is 9.10. The first-order valence-electron chi connectivity index (χ1n) is 13.3. The van der Waals surface area contributed by atoms with Gasteiger partial charge in [0.2, 0.25) is 5.91 Å². The monoisotopic (exact) mass is 604 g/mol. The van der Waals surface area contributed by atoms with E-state index < -0.39 is 5.41 Å². The van der Waals surface area contributed by atoms with E-state index >= 15 is 0 Å². The summed E-state index contributed by atoms with van der Waals surface area (Å²) in [6.45, 7) is 5.52.